The van der Waals surface area contributed by atoms with Gasteiger partial charge in [0, 0.05) is 5.39 Å². The number of ether oxygens (including phenoxy) is 2. The molecule has 0 spiro atoms. The van der Waals surface area contributed by atoms with Gasteiger partial charge >= 0.3 is 5.97 Å². The quantitative estimate of drug-likeness (QED) is 0.724. The topological polar surface area (TPSA) is 35.5 Å². The maximum absolute atomic E-state index is 11.4. The fraction of sp³-hybridized carbons (Fsp3) is 0.154. The first-order valence-corrected chi connectivity index (χ1v) is 4.91. The number of hydrogen-bond acceptors (Lipinski definition) is 3. The maximum atomic E-state index is 11.4. The molecule has 0 aromatic heterocycles. The Morgan fingerprint density at radius 1 is 1.12 bits per heavy atom. The number of methoxy groups -OCH3 is 2. The second-order valence-electron chi connectivity index (χ2n) is 3.39. The van der Waals surface area contributed by atoms with Crippen LogP contribution in [0, 0.1) is 0 Å². The Morgan fingerprint density at radius 3 is 2.56 bits per heavy atom. The van der Waals surface area contributed by atoms with E-state index < -0.39 is 0 Å². The minimum absolute atomic E-state index is 0.357. The van der Waals surface area contributed by atoms with Crippen molar-refractivity contribution in [3.63, 3.8) is 0 Å². The number of esters is 1. The number of rotatable bonds is 2. The van der Waals surface area contributed by atoms with Crippen LogP contribution in [0.2, 0.25) is 0 Å². The number of carbonyl (C=O) groups is 1. The van der Waals surface area contributed by atoms with Crippen LogP contribution in [-0.2, 0) is 4.74 Å². The van der Waals surface area contributed by atoms with Gasteiger partial charge < -0.3 is 9.47 Å². The predicted octanol–water partition coefficient (Wildman–Crippen LogP) is 2.64. The minimum atomic E-state index is -0.357. The highest BCUT2D eigenvalue weighted by atomic mass is 16.5. The SMILES string of the molecule is COC(=O)c1cc(OC)c2ccccc2c1. The van der Waals surface area contributed by atoms with Gasteiger partial charge in [0.25, 0.3) is 0 Å². The van der Waals surface area contributed by atoms with Gasteiger partial charge in [-0.25, -0.2) is 4.79 Å². The molecule has 0 saturated carbocycles. The molecule has 0 radical (unpaired) electrons. The van der Waals surface area contributed by atoms with Crippen LogP contribution in [0.3, 0.4) is 0 Å². The fourth-order valence-electron chi connectivity index (χ4n) is 1.68. The lowest BCUT2D eigenvalue weighted by molar-refractivity contribution is 0.0600. The van der Waals surface area contributed by atoms with E-state index in [1.807, 2.05) is 24.3 Å². The zero-order valence-corrected chi connectivity index (χ0v) is 9.19. The van der Waals surface area contributed by atoms with Crippen molar-refractivity contribution in [1.82, 2.24) is 0 Å². The van der Waals surface area contributed by atoms with Crippen molar-refractivity contribution in [2.24, 2.45) is 0 Å². The molecule has 82 valence electrons. The third-order valence-electron chi connectivity index (χ3n) is 2.46. The lowest BCUT2D eigenvalue weighted by Crippen LogP contribution is -2.01. The largest absolute Gasteiger partial charge is 0.496 e. The van der Waals surface area contributed by atoms with Gasteiger partial charge in [0.1, 0.15) is 5.75 Å². The lowest BCUT2D eigenvalue weighted by atomic mass is 10.1. The normalized spacial score (nSPS) is 10.1. The molecule has 2 rings (SSSR count). The maximum Gasteiger partial charge on any atom is 0.338 e. The van der Waals surface area contributed by atoms with E-state index >= 15 is 0 Å². The molecule has 3 nitrogen and oxygen atoms in total. The predicted molar refractivity (Wildman–Crippen MR) is 61.8 cm³/mol. The average molecular weight is 216 g/mol. The van der Waals surface area contributed by atoms with Gasteiger partial charge in [-0.3, -0.25) is 0 Å². The van der Waals surface area contributed by atoms with Crippen LogP contribution in [0.15, 0.2) is 36.4 Å². The Morgan fingerprint density at radius 2 is 1.88 bits per heavy atom. The molecule has 0 atom stereocenters. The van der Waals surface area contributed by atoms with E-state index in [0.717, 1.165) is 10.8 Å². The van der Waals surface area contributed by atoms with Crippen molar-refractivity contribution in [2.75, 3.05) is 14.2 Å². The Kier molecular flexibility index (Phi) is 2.77. The van der Waals surface area contributed by atoms with Crippen LogP contribution in [-0.4, -0.2) is 20.2 Å². The van der Waals surface area contributed by atoms with Crippen LogP contribution < -0.4 is 4.74 Å². The summed E-state index contributed by atoms with van der Waals surface area (Å²) in [7, 11) is 2.95. The van der Waals surface area contributed by atoms with E-state index in [0.29, 0.717) is 11.3 Å². The molecular weight excluding hydrogens is 204 g/mol. The van der Waals surface area contributed by atoms with Gasteiger partial charge in [0.15, 0.2) is 0 Å². The molecule has 16 heavy (non-hydrogen) atoms. The van der Waals surface area contributed by atoms with Crippen LogP contribution in [0.4, 0.5) is 0 Å². The summed E-state index contributed by atoms with van der Waals surface area (Å²) in [5.74, 6) is 0.322. The molecule has 2 aromatic carbocycles. The summed E-state index contributed by atoms with van der Waals surface area (Å²) < 4.78 is 9.95. The van der Waals surface area contributed by atoms with E-state index in [1.165, 1.54) is 7.11 Å². The summed E-state index contributed by atoms with van der Waals surface area (Å²) in [6, 6.07) is 11.2. The monoisotopic (exact) mass is 216 g/mol. The highest BCUT2D eigenvalue weighted by Crippen LogP contribution is 2.27. The van der Waals surface area contributed by atoms with Crippen molar-refractivity contribution in [3.8, 4) is 5.75 Å². The Balaban J connectivity index is 2.68. The smallest absolute Gasteiger partial charge is 0.338 e. The average Bonchev–Trinajstić information content (AvgIpc) is 2.36. The molecule has 0 heterocycles. The highest BCUT2D eigenvalue weighted by Gasteiger charge is 2.10. The second-order valence-corrected chi connectivity index (χ2v) is 3.39. The van der Waals surface area contributed by atoms with Gasteiger partial charge in [-0.2, -0.15) is 0 Å². The third kappa shape index (κ3) is 1.72. The molecular formula is C13H12O3. The van der Waals surface area contributed by atoms with E-state index in [-0.39, 0.29) is 5.97 Å². The van der Waals surface area contributed by atoms with Gasteiger partial charge in [-0.05, 0) is 17.5 Å². The summed E-state index contributed by atoms with van der Waals surface area (Å²) in [6.45, 7) is 0. The van der Waals surface area contributed by atoms with Crippen molar-refractivity contribution in [2.45, 2.75) is 0 Å². The number of fused-ring (bicyclic) bond motifs is 1. The van der Waals surface area contributed by atoms with Crippen LogP contribution >= 0.6 is 0 Å². The van der Waals surface area contributed by atoms with Gasteiger partial charge in [0.2, 0.25) is 0 Å². The summed E-state index contributed by atoms with van der Waals surface area (Å²) in [6.07, 6.45) is 0. The summed E-state index contributed by atoms with van der Waals surface area (Å²) in [5.41, 5.74) is 0.498. The van der Waals surface area contributed by atoms with Gasteiger partial charge in [-0.1, -0.05) is 24.3 Å². The van der Waals surface area contributed by atoms with E-state index in [9.17, 15) is 4.79 Å². The first-order valence-electron chi connectivity index (χ1n) is 4.91. The summed E-state index contributed by atoms with van der Waals surface area (Å²) >= 11 is 0. The molecule has 2 aromatic rings. The van der Waals surface area contributed by atoms with Crippen LogP contribution in [0.1, 0.15) is 10.4 Å². The van der Waals surface area contributed by atoms with Crippen molar-refractivity contribution >= 4 is 16.7 Å². The molecule has 0 aliphatic carbocycles. The van der Waals surface area contributed by atoms with Gasteiger partial charge in [-0.15, -0.1) is 0 Å². The Bertz CT molecular complexity index is 532. The molecule has 3 heteroatoms. The van der Waals surface area contributed by atoms with E-state index in [1.54, 1.807) is 19.2 Å². The molecule has 0 aliphatic rings. The van der Waals surface area contributed by atoms with Crippen LogP contribution in [0.25, 0.3) is 10.8 Å². The molecule has 0 fully saturated rings. The number of hydrogen-bond donors (Lipinski definition) is 0. The first kappa shape index (κ1) is 10.5. The third-order valence-corrected chi connectivity index (χ3v) is 2.46. The molecule has 0 amide bonds. The Labute approximate surface area is 93.6 Å². The lowest BCUT2D eigenvalue weighted by Gasteiger charge is -2.07. The standard InChI is InChI=1S/C13H12O3/c1-15-12-8-10(13(14)16-2)7-9-5-3-4-6-11(9)12/h3-8H,1-2H3. The molecule has 0 N–H and O–H groups in total. The van der Waals surface area contributed by atoms with Gasteiger partial charge in [0.05, 0.1) is 19.8 Å². The van der Waals surface area contributed by atoms with Crippen molar-refractivity contribution in [1.29, 1.82) is 0 Å². The van der Waals surface area contributed by atoms with E-state index in [2.05, 4.69) is 0 Å². The van der Waals surface area contributed by atoms with Crippen molar-refractivity contribution in [3.05, 3.63) is 42.0 Å². The molecule has 0 unspecified atom stereocenters. The zero-order valence-electron chi connectivity index (χ0n) is 9.19. The van der Waals surface area contributed by atoms with Crippen LogP contribution in [0.5, 0.6) is 5.75 Å². The molecule has 0 bridgehead atoms. The molecule has 0 aliphatic heterocycles. The minimum Gasteiger partial charge on any atom is -0.496 e. The zero-order chi connectivity index (χ0) is 11.5. The first-order chi connectivity index (χ1) is 7.76. The number of carbonyl (C=O) groups excluding carboxylic acids is 1. The second kappa shape index (κ2) is 4.23. The van der Waals surface area contributed by atoms with E-state index in [4.69, 9.17) is 9.47 Å². The highest BCUT2D eigenvalue weighted by molar-refractivity contribution is 5.98. The summed E-state index contributed by atoms with van der Waals surface area (Å²) in [5, 5.41) is 1.94. The fourth-order valence-corrected chi connectivity index (χ4v) is 1.68. The Hall–Kier alpha value is -2.03. The summed E-state index contributed by atoms with van der Waals surface area (Å²) in [4.78, 5) is 11.4. The number of benzene rings is 2. The van der Waals surface area contributed by atoms with Crippen molar-refractivity contribution < 1.29 is 14.3 Å². The molecule has 0 saturated heterocycles.